The minimum atomic E-state index is -4.68. The van der Waals surface area contributed by atoms with Gasteiger partial charge >= 0.3 is 12.1 Å². The third-order valence-electron chi connectivity index (χ3n) is 5.29. The zero-order valence-corrected chi connectivity index (χ0v) is 19.1. The molecule has 3 rings (SSSR count). The first kappa shape index (κ1) is 26.1. The van der Waals surface area contributed by atoms with E-state index in [9.17, 15) is 27.6 Å². The maximum atomic E-state index is 12.9. The van der Waals surface area contributed by atoms with Gasteiger partial charge < -0.3 is 20.5 Å². The van der Waals surface area contributed by atoms with Crippen LogP contribution in [0.5, 0.6) is 5.75 Å². The van der Waals surface area contributed by atoms with Gasteiger partial charge in [0.15, 0.2) is 0 Å². The van der Waals surface area contributed by atoms with Crippen LogP contribution < -0.4 is 15.4 Å². The molecule has 0 unspecified atom stereocenters. The molecule has 0 saturated heterocycles. The highest BCUT2D eigenvalue weighted by molar-refractivity contribution is 6.31. The van der Waals surface area contributed by atoms with Crippen molar-refractivity contribution in [2.24, 2.45) is 0 Å². The number of benzene rings is 2. The Morgan fingerprint density at radius 1 is 1.00 bits per heavy atom. The lowest BCUT2D eigenvalue weighted by molar-refractivity contribution is -0.137. The molecule has 0 fully saturated rings. The number of carboxylic acids is 1. The Bertz CT molecular complexity index is 1130. The third-order valence-corrected chi connectivity index (χ3v) is 5.62. The lowest BCUT2D eigenvalue weighted by atomic mass is 9.97. The SMILES string of the molecule is O=C(O)C1=CC[C@@H](Oc2ccc(C(=O)NCCNC(=O)c3ccc(Cl)c(C(F)(F)F)c3)cc2)CC1. The van der Waals surface area contributed by atoms with Crippen LogP contribution in [0.15, 0.2) is 54.1 Å². The van der Waals surface area contributed by atoms with Gasteiger partial charge in [-0.2, -0.15) is 13.2 Å². The number of alkyl halides is 3. The number of hydrogen-bond acceptors (Lipinski definition) is 4. The van der Waals surface area contributed by atoms with Crippen molar-refractivity contribution in [3.63, 3.8) is 0 Å². The summed E-state index contributed by atoms with van der Waals surface area (Å²) in [6.45, 7) is 0.0616. The Hall–Kier alpha value is -3.53. The maximum absolute atomic E-state index is 12.9. The highest BCUT2D eigenvalue weighted by Gasteiger charge is 2.33. The van der Waals surface area contributed by atoms with Gasteiger partial charge in [-0.15, -0.1) is 0 Å². The Balaban J connectivity index is 1.44. The Morgan fingerprint density at radius 2 is 1.60 bits per heavy atom. The van der Waals surface area contributed by atoms with Crippen LogP contribution in [-0.2, 0) is 11.0 Å². The molecule has 35 heavy (non-hydrogen) atoms. The second-order valence-electron chi connectivity index (χ2n) is 7.78. The molecule has 7 nitrogen and oxygen atoms in total. The molecule has 2 aromatic carbocycles. The third kappa shape index (κ3) is 7.22. The van der Waals surface area contributed by atoms with Gasteiger partial charge in [-0.25, -0.2) is 4.79 Å². The molecule has 2 aromatic rings. The van der Waals surface area contributed by atoms with E-state index in [1.165, 1.54) is 6.07 Å². The summed E-state index contributed by atoms with van der Waals surface area (Å²) in [7, 11) is 0. The van der Waals surface area contributed by atoms with Crippen LogP contribution in [0, 0.1) is 0 Å². The molecule has 1 atom stereocenters. The van der Waals surface area contributed by atoms with Crippen LogP contribution in [0.2, 0.25) is 5.02 Å². The first-order chi connectivity index (χ1) is 16.5. The molecular formula is C24H22ClF3N2O5. The van der Waals surface area contributed by atoms with Gasteiger partial charge in [-0.1, -0.05) is 17.7 Å². The average molecular weight is 511 g/mol. The summed E-state index contributed by atoms with van der Waals surface area (Å²) >= 11 is 5.55. The summed E-state index contributed by atoms with van der Waals surface area (Å²) in [4.78, 5) is 35.4. The van der Waals surface area contributed by atoms with Crippen molar-refractivity contribution in [1.82, 2.24) is 10.6 Å². The van der Waals surface area contributed by atoms with Crippen molar-refractivity contribution in [3.05, 3.63) is 75.8 Å². The van der Waals surface area contributed by atoms with Gasteiger partial charge in [-0.3, -0.25) is 9.59 Å². The number of aliphatic carboxylic acids is 1. The van der Waals surface area contributed by atoms with Crippen LogP contribution in [0.25, 0.3) is 0 Å². The largest absolute Gasteiger partial charge is 0.490 e. The van der Waals surface area contributed by atoms with Gasteiger partial charge in [-0.05, 0) is 55.3 Å². The average Bonchev–Trinajstić information content (AvgIpc) is 2.82. The van der Waals surface area contributed by atoms with Gasteiger partial charge in [0, 0.05) is 36.2 Å². The standard InChI is InChI=1S/C24H22ClF3N2O5/c25-20-10-5-16(13-19(20)24(26,27)28)22(32)30-12-11-29-21(31)14-1-6-17(7-2-14)35-18-8-3-15(4-9-18)23(33)34/h1-3,5-7,10,13,18H,4,8-9,11-12H2,(H,29,31)(H,30,32)(H,33,34)/t18-/m1/s1. The van der Waals surface area contributed by atoms with Crippen molar-refractivity contribution in [1.29, 1.82) is 0 Å². The predicted octanol–water partition coefficient (Wildman–Crippen LogP) is 4.46. The molecule has 1 aliphatic carbocycles. The molecule has 0 bridgehead atoms. The van der Waals surface area contributed by atoms with E-state index in [0.29, 0.717) is 42.2 Å². The topological polar surface area (TPSA) is 105 Å². The minimum absolute atomic E-state index is 0.00325. The number of carboxylic acid groups (broad SMARTS) is 1. The Morgan fingerprint density at radius 3 is 2.14 bits per heavy atom. The normalized spacial score (nSPS) is 15.7. The van der Waals surface area contributed by atoms with Crippen LogP contribution in [-0.4, -0.2) is 42.1 Å². The Labute approximate surface area is 203 Å². The lowest BCUT2D eigenvalue weighted by Gasteiger charge is -2.22. The first-order valence-corrected chi connectivity index (χ1v) is 11.0. The van der Waals surface area contributed by atoms with Gasteiger partial charge in [0.1, 0.15) is 11.9 Å². The number of hydrogen-bond donors (Lipinski definition) is 3. The maximum Gasteiger partial charge on any atom is 0.417 e. The zero-order valence-electron chi connectivity index (χ0n) is 18.3. The van der Waals surface area contributed by atoms with E-state index in [1.54, 1.807) is 30.3 Å². The van der Waals surface area contributed by atoms with Crippen LogP contribution >= 0.6 is 11.6 Å². The van der Waals surface area contributed by atoms with E-state index in [2.05, 4.69) is 10.6 Å². The molecule has 0 radical (unpaired) electrons. The van der Waals surface area contributed by atoms with Crippen LogP contribution in [0.3, 0.4) is 0 Å². The minimum Gasteiger partial charge on any atom is -0.490 e. The highest BCUT2D eigenvalue weighted by atomic mass is 35.5. The van der Waals surface area contributed by atoms with Gasteiger partial charge in [0.05, 0.1) is 10.6 Å². The number of carbonyl (C=O) groups excluding carboxylic acids is 2. The molecule has 0 heterocycles. The van der Waals surface area contributed by atoms with Crippen molar-refractivity contribution >= 4 is 29.4 Å². The van der Waals surface area contributed by atoms with Gasteiger partial charge in [0.2, 0.25) is 0 Å². The van der Waals surface area contributed by atoms with E-state index >= 15 is 0 Å². The van der Waals surface area contributed by atoms with Gasteiger partial charge in [0.25, 0.3) is 11.8 Å². The zero-order chi connectivity index (χ0) is 25.6. The van der Waals surface area contributed by atoms with Crippen LogP contribution in [0.1, 0.15) is 45.5 Å². The lowest BCUT2D eigenvalue weighted by Crippen LogP contribution is -2.34. The van der Waals surface area contributed by atoms with Crippen LogP contribution in [0.4, 0.5) is 13.2 Å². The summed E-state index contributed by atoms with van der Waals surface area (Å²) in [6, 6.07) is 9.26. The van der Waals surface area contributed by atoms with Crippen molar-refractivity contribution in [2.45, 2.75) is 31.5 Å². The summed E-state index contributed by atoms with van der Waals surface area (Å²) in [5.41, 5.74) is -0.561. The molecule has 0 aromatic heterocycles. The number of carbonyl (C=O) groups is 3. The molecule has 0 spiro atoms. The molecule has 3 N–H and O–H groups in total. The first-order valence-electron chi connectivity index (χ1n) is 10.7. The summed E-state index contributed by atoms with van der Waals surface area (Å²) in [5.74, 6) is -1.49. The Kier molecular flexibility index (Phi) is 8.39. The molecule has 186 valence electrons. The summed E-state index contributed by atoms with van der Waals surface area (Å²) < 4.78 is 44.6. The van der Waals surface area contributed by atoms with E-state index in [0.717, 1.165) is 6.07 Å². The van der Waals surface area contributed by atoms with E-state index in [-0.39, 0.29) is 24.8 Å². The quantitative estimate of drug-likeness (QED) is 0.455. The highest BCUT2D eigenvalue weighted by Crippen LogP contribution is 2.35. The molecule has 11 heteroatoms. The number of nitrogens with one attached hydrogen (secondary N) is 2. The van der Waals surface area contributed by atoms with E-state index in [4.69, 9.17) is 21.4 Å². The fourth-order valence-corrected chi connectivity index (χ4v) is 3.65. The predicted molar refractivity (Wildman–Crippen MR) is 122 cm³/mol. The van der Waals surface area contributed by atoms with Crippen molar-refractivity contribution in [3.8, 4) is 5.75 Å². The molecule has 1 aliphatic rings. The fourth-order valence-electron chi connectivity index (χ4n) is 3.43. The van der Waals surface area contributed by atoms with E-state index < -0.39 is 34.5 Å². The summed E-state index contributed by atoms with van der Waals surface area (Å²) in [6.07, 6.45) is -1.67. The second kappa shape index (κ2) is 11.3. The monoisotopic (exact) mass is 510 g/mol. The number of ether oxygens (including phenoxy) is 1. The number of rotatable bonds is 8. The fraction of sp³-hybridized carbons (Fsp3) is 0.292. The molecule has 2 amide bonds. The number of amides is 2. The summed E-state index contributed by atoms with van der Waals surface area (Å²) in [5, 5.41) is 13.5. The molecule has 0 saturated carbocycles. The van der Waals surface area contributed by atoms with Crippen molar-refractivity contribution < 1.29 is 37.4 Å². The smallest absolute Gasteiger partial charge is 0.417 e. The van der Waals surface area contributed by atoms with E-state index in [1.807, 2.05) is 0 Å². The molecule has 0 aliphatic heterocycles. The molecular weight excluding hydrogens is 489 g/mol. The number of halogens is 4. The van der Waals surface area contributed by atoms with Crippen molar-refractivity contribution in [2.75, 3.05) is 13.1 Å². The second-order valence-corrected chi connectivity index (χ2v) is 8.18.